The van der Waals surface area contributed by atoms with Crippen molar-refractivity contribution in [3.05, 3.63) is 71.4 Å². The Morgan fingerprint density at radius 1 is 1.24 bits per heavy atom. The third kappa shape index (κ3) is 3.32. The Kier molecular flexibility index (Phi) is 3.75. The molecule has 0 bridgehead atoms. The predicted molar refractivity (Wildman–Crippen MR) is 79.4 cm³/mol. The zero-order valence-corrected chi connectivity index (χ0v) is 11.7. The Labute approximate surface area is 126 Å². The van der Waals surface area contributed by atoms with Gasteiger partial charge in [-0.1, -0.05) is 12.1 Å². The Bertz CT molecular complexity index is 733. The summed E-state index contributed by atoms with van der Waals surface area (Å²) in [6.07, 6.45) is 3.64. The van der Waals surface area contributed by atoms with Gasteiger partial charge in [0, 0.05) is 18.1 Å². The van der Waals surface area contributed by atoms with Crippen molar-refractivity contribution in [2.75, 3.05) is 5.32 Å². The average molecular weight is 302 g/mol. The van der Waals surface area contributed by atoms with Gasteiger partial charge in [0.15, 0.2) is 11.0 Å². The second-order valence-corrected chi connectivity index (χ2v) is 4.83. The number of nitrogens with zero attached hydrogens (tertiary/aromatic N) is 2. The summed E-state index contributed by atoms with van der Waals surface area (Å²) in [5, 5.41) is 7.08. The van der Waals surface area contributed by atoms with E-state index in [2.05, 4.69) is 10.4 Å². The number of aromatic nitrogens is 2. The molecular formula is C15H12ClN3O2. The average Bonchev–Trinajstić information content (AvgIpc) is 3.12. The number of rotatable bonds is 4. The fourth-order valence-corrected chi connectivity index (χ4v) is 2.05. The van der Waals surface area contributed by atoms with Crippen LogP contribution in [0.5, 0.6) is 0 Å². The summed E-state index contributed by atoms with van der Waals surface area (Å²) in [4.78, 5) is 11.9. The van der Waals surface area contributed by atoms with Crippen molar-refractivity contribution in [1.82, 2.24) is 9.78 Å². The van der Waals surface area contributed by atoms with Gasteiger partial charge in [0.2, 0.25) is 0 Å². The number of furan rings is 1. The van der Waals surface area contributed by atoms with E-state index in [1.165, 1.54) is 12.1 Å². The van der Waals surface area contributed by atoms with Crippen LogP contribution in [0.15, 0.2) is 59.3 Å². The molecule has 0 radical (unpaired) electrons. The van der Waals surface area contributed by atoms with Crippen molar-refractivity contribution in [3.8, 4) is 0 Å². The highest BCUT2D eigenvalue weighted by Gasteiger charge is 2.10. The van der Waals surface area contributed by atoms with E-state index in [-0.39, 0.29) is 16.9 Å². The Balaban J connectivity index is 1.65. The smallest absolute Gasteiger partial charge is 0.291 e. The monoisotopic (exact) mass is 301 g/mol. The molecule has 0 aliphatic rings. The van der Waals surface area contributed by atoms with Crippen LogP contribution in [0.3, 0.4) is 0 Å². The van der Waals surface area contributed by atoms with Gasteiger partial charge in [-0.15, -0.1) is 0 Å². The van der Waals surface area contributed by atoms with E-state index in [9.17, 15) is 4.79 Å². The molecule has 6 heteroatoms. The lowest BCUT2D eigenvalue weighted by Crippen LogP contribution is -2.10. The summed E-state index contributed by atoms with van der Waals surface area (Å²) in [7, 11) is 0. The van der Waals surface area contributed by atoms with Crippen LogP contribution in [-0.4, -0.2) is 15.7 Å². The normalized spacial score (nSPS) is 10.5. The van der Waals surface area contributed by atoms with Crippen LogP contribution in [0.2, 0.25) is 5.22 Å². The summed E-state index contributed by atoms with van der Waals surface area (Å²) in [5.74, 6) is -0.151. The highest BCUT2D eigenvalue weighted by molar-refractivity contribution is 6.29. The molecule has 2 aromatic heterocycles. The molecule has 1 aromatic carbocycles. The van der Waals surface area contributed by atoms with Gasteiger partial charge in [0.1, 0.15) is 0 Å². The summed E-state index contributed by atoms with van der Waals surface area (Å²) in [5.41, 5.74) is 1.79. The number of nitrogens with one attached hydrogen (secondary N) is 1. The molecule has 0 unspecified atom stereocenters. The first-order chi connectivity index (χ1) is 10.2. The number of amides is 1. The third-order valence-electron chi connectivity index (χ3n) is 2.91. The number of carbonyl (C=O) groups is 1. The summed E-state index contributed by atoms with van der Waals surface area (Å²) < 4.78 is 6.88. The maximum absolute atomic E-state index is 11.9. The predicted octanol–water partition coefficient (Wildman–Crippen LogP) is 3.43. The van der Waals surface area contributed by atoms with Crippen molar-refractivity contribution >= 4 is 23.2 Å². The summed E-state index contributed by atoms with van der Waals surface area (Å²) in [6.45, 7) is 0.690. The molecule has 106 valence electrons. The molecule has 0 atom stereocenters. The van der Waals surface area contributed by atoms with E-state index < -0.39 is 0 Å². The molecule has 2 heterocycles. The van der Waals surface area contributed by atoms with Crippen molar-refractivity contribution in [2.45, 2.75) is 6.54 Å². The number of anilines is 1. The van der Waals surface area contributed by atoms with Gasteiger partial charge in [0.05, 0.1) is 6.54 Å². The molecule has 0 aliphatic heterocycles. The number of hydrogen-bond donors (Lipinski definition) is 1. The third-order valence-corrected chi connectivity index (χ3v) is 3.12. The quantitative estimate of drug-likeness (QED) is 0.803. The van der Waals surface area contributed by atoms with Crippen LogP contribution in [0.25, 0.3) is 0 Å². The molecule has 0 fully saturated rings. The lowest BCUT2D eigenvalue weighted by Gasteiger charge is -2.05. The summed E-state index contributed by atoms with van der Waals surface area (Å²) >= 11 is 5.64. The Morgan fingerprint density at radius 3 is 2.67 bits per heavy atom. The van der Waals surface area contributed by atoms with Gasteiger partial charge in [-0.25, -0.2) is 0 Å². The first kappa shape index (κ1) is 13.5. The molecular weight excluding hydrogens is 290 g/mol. The second kappa shape index (κ2) is 5.85. The first-order valence-electron chi connectivity index (χ1n) is 6.34. The van der Waals surface area contributed by atoms with E-state index in [1.54, 1.807) is 6.20 Å². The molecule has 0 saturated heterocycles. The number of halogens is 1. The molecule has 0 spiro atoms. The van der Waals surface area contributed by atoms with Crippen LogP contribution in [0, 0.1) is 0 Å². The molecule has 3 rings (SSSR count). The lowest BCUT2D eigenvalue weighted by molar-refractivity contribution is 0.0997. The minimum atomic E-state index is -0.332. The van der Waals surface area contributed by atoms with Gasteiger partial charge >= 0.3 is 0 Å². The number of benzene rings is 1. The Morgan fingerprint density at radius 2 is 2.05 bits per heavy atom. The van der Waals surface area contributed by atoms with Crippen molar-refractivity contribution < 1.29 is 9.21 Å². The zero-order chi connectivity index (χ0) is 14.7. The van der Waals surface area contributed by atoms with E-state index in [4.69, 9.17) is 16.0 Å². The molecule has 3 aromatic rings. The van der Waals surface area contributed by atoms with Crippen molar-refractivity contribution in [3.63, 3.8) is 0 Å². The van der Waals surface area contributed by atoms with Crippen LogP contribution in [0.4, 0.5) is 5.69 Å². The van der Waals surface area contributed by atoms with Gasteiger partial charge in [0.25, 0.3) is 5.91 Å². The topological polar surface area (TPSA) is 60.1 Å². The fraction of sp³-hybridized carbons (Fsp3) is 0.0667. The highest BCUT2D eigenvalue weighted by atomic mass is 35.5. The minimum Gasteiger partial charge on any atom is -0.440 e. The van der Waals surface area contributed by atoms with Gasteiger partial charge in [-0.3, -0.25) is 9.48 Å². The number of carbonyl (C=O) groups excluding carboxylic acids is 1. The fourth-order valence-electron chi connectivity index (χ4n) is 1.90. The van der Waals surface area contributed by atoms with E-state index in [0.29, 0.717) is 12.2 Å². The molecule has 5 nitrogen and oxygen atoms in total. The molecule has 21 heavy (non-hydrogen) atoms. The van der Waals surface area contributed by atoms with E-state index in [1.807, 2.05) is 41.2 Å². The first-order valence-corrected chi connectivity index (χ1v) is 6.71. The zero-order valence-electron chi connectivity index (χ0n) is 11.0. The maximum Gasteiger partial charge on any atom is 0.291 e. The molecule has 1 N–H and O–H groups in total. The summed E-state index contributed by atoms with van der Waals surface area (Å²) in [6, 6.07) is 12.5. The van der Waals surface area contributed by atoms with E-state index >= 15 is 0 Å². The second-order valence-electron chi connectivity index (χ2n) is 4.46. The van der Waals surface area contributed by atoms with Crippen LogP contribution in [-0.2, 0) is 6.54 Å². The van der Waals surface area contributed by atoms with Gasteiger partial charge in [-0.05, 0) is 47.5 Å². The Hall–Kier alpha value is -2.53. The van der Waals surface area contributed by atoms with Gasteiger partial charge in [-0.2, -0.15) is 5.10 Å². The van der Waals surface area contributed by atoms with Crippen LogP contribution >= 0.6 is 11.6 Å². The molecule has 0 saturated carbocycles. The van der Waals surface area contributed by atoms with Crippen LogP contribution in [0.1, 0.15) is 16.1 Å². The SMILES string of the molecule is O=C(Nc1ccc(Cn2cccn2)cc1)c1ccc(Cl)o1. The molecule has 1 amide bonds. The number of hydrogen-bond acceptors (Lipinski definition) is 3. The van der Waals surface area contributed by atoms with Gasteiger partial charge < -0.3 is 9.73 Å². The van der Waals surface area contributed by atoms with Crippen LogP contribution < -0.4 is 5.32 Å². The minimum absolute atomic E-state index is 0.181. The molecule has 0 aliphatic carbocycles. The maximum atomic E-state index is 11.9. The lowest BCUT2D eigenvalue weighted by atomic mass is 10.2. The van der Waals surface area contributed by atoms with Crippen molar-refractivity contribution in [1.29, 1.82) is 0 Å². The largest absolute Gasteiger partial charge is 0.440 e. The van der Waals surface area contributed by atoms with Crippen molar-refractivity contribution in [2.24, 2.45) is 0 Å². The standard InChI is InChI=1S/C15H12ClN3O2/c16-14-7-6-13(21-14)15(20)18-12-4-2-11(3-5-12)10-19-9-1-8-17-19/h1-9H,10H2,(H,18,20). The highest BCUT2D eigenvalue weighted by Crippen LogP contribution is 2.16. The van der Waals surface area contributed by atoms with E-state index in [0.717, 1.165) is 5.56 Å².